The van der Waals surface area contributed by atoms with Gasteiger partial charge in [0.1, 0.15) is 0 Å². The van der Waals surface area contributed by atoms with Crippen molar-refractivity contribution in [2.24, 2.45) is 29.6 Å². The predicted molar refractivity (Wildman–Crippen MR) is 52.4 cm³/mol. The van der Waals surface area contributed by atoms with Crippen LogP contribution in [0.25, 0.3) is 0 Å². The monoisotopic (exact) mass is 216 g/mol. The Kier molecular flexibility index (Phi) is 1.78. The molecular weight excluding hydrogens is 200 g/mol. The van der Waals surface area contributed by atoms with Crippen molar-refractivity contribution in [1.82, 2.24) is 0 Å². The maximum absolute atomic E-state index is 11.4. The van der Waals surface area contributed by atoms with Crippen molar-refractivity contribution in [3.63, 3.8) is 0 Å². The van der Waals surface area contributed by atoms with Gasteiger partial charge in [0.15, 0.2) is 9.84 Å². The fraction of sp³-hybridized carbons (Fsp3) is 1.00. The summed E-state index contributed by atoms with van der Waals surface area (Å²) >= 11 is 0. The van der Waals surface area contributed by atoms with Crippen LogP contribution in [0, 0.1) is 29.6 Å². The third kappa shape index (κ3) is 1.10. The third-order valence-corrected chi connectivity index (χ3v) is 6.35. The number of hydrogen-bond acceptors (Lipinski definition) is 3. The number of fused-ring (bicyclic) bond motifs is 4. The van der Waals surface area contributed by atoms with Gasteiger partial charge >= 0.3 is 0 Å². The average Bonchev–Trinajstić information content (AvgIpc) is 2.62. The topological polar surface area (TPSA) is 54.4 Å². The van der Waals surface area contributed by atoms with Gasteiger partial charge in [0, 0.05) is 6.61 Å². The molecular formula is C10H16O3S. The van der Waals surface area contributed by atoms with Gasteiger partial charge in [-0.3, -0.25) is 0 Å². The first kappa shape index (κ1) is 9.16. The van der Waals surface area contributed by atoms with Crippen LogP contribution < -0.4 is 0 Å². The molecule has 1 unspecified atom stereocenters. The largest absolute Gasteiger partial charge is 0.396 e. The Morgan fingerprint density at radius 2 is 1.50 bits per heavy atom. The van der Waals surface area contributed by atoms with Crippen molar-refractivity contribution in [2.75, 3.05) is 18.1 Å². The summed E-state index contributed by atoms with van der Waals surface area (Å²) in [6.07, 6.45) is 2.13. The summed E-state index contributed by atoms with van der Waals surface area (Å²) in [6, 6.07) is 0. The lowest BCUT2D eigenvalue weighted by Gasteiger charge is -2.44. The van der Waals surface area contributed by atoms with Crippen LogP contribution in [-0.2, 0) is 9.84 Å². The molecule has 80 valence electrons. The zero-order valence-corrected chi connectivity index (χ0v) is 8.91. The summed E-state index contributed by atoms with van der Waals surface area (Å²) < 4.78 is 22.8. The van der Waals surface area contributed by atoms with Gasteiger partial charge in [0.05, 0.1) is 11.5 Å². The SMILES string of the molecule is O=S1(=O)C[C@@H]2[C@@H]3CC(CO)C[C@@H]3[C@H]2C1. The van der Waals surface area contributed by atoms with Gasteiger partial charge in [-0.05, 0) is 42.4 Å². The van der Waals surface area contributed by atoms with Crippen LogP contribution in [0.2, 0.25) is 0 Å². The minimum absolute atomic E-state index is 0.291. The lowest BCUT2D eigenvalue weighted by atomic mass is 9.60. The number of aliphatic hydroxyl groups is 1. The Labute approximate surface area is 84.4 Å². The van der Waals surface area contributed by atoms with E-state index in [4.69, 9.17) is 5.11 Å². The van der Waals surface area contributed by atoms with Crippen LogP contribution >= 0.6 is 0 Å². The molecule has 0 radical (unpaired) electrons. The molecule has 0 aromatic rings. The molecule has 14 heavy (non-hydrogen) atoms. The van der Waals surface area contributed by atoms with E-state index in [2.05, 4.69) is 0 Å². The second-order valence-corrected chi connectivity index (χ2v) is 7.41. The maximum Gasteiger partial charge on any atom is 0.150 e. The van der Waals surface area contributed by atoms with E-state index in [0.29, 0.717) is 47.7 Å². The normalized spacial score (nSPS) is 53.6. The van der Waals surface area contributed by atoms with Gasteiger partial charge in [-0.1, -0.05) is 0 Å². The Morgan fingerprint density at radius 3 is 1.93 bits per heavy atom. The van der Waals surface area contributed by atoms with Crippen molar-refractivity contribution in [1.29, 1.82) is 0 Å². The summed E-state index contributed by atoms with van der Waals surface area (Å²) in [7, 11) is -2.71. The molecule has 0 aromatic heterocycles. The predicted octanol–water partition coefficient (Wildman–Crippen LogP) is 0.295. The summed E-state index contributed by atoms with van der Waals surface area (Å²) in [5, 5.41) is 9.08. The number of hydrogen-bond donors (Lipinski definition) is 1. The molecule has 3 aliphatic rings. The first-order valence-electron chi connectivity index (χ1n) is 5.42. The highest BCUT2D eigenvalue weighted by molar-refractivity contribution is 7.91. The first-order chi connectivity index (χ1) is 6.61. The van der Waals surface area contributed by atoms with Crippen LogP contribution in [0.1, 0.15) is 12.8 Å². The van der Waals surface area contributed by atoms with E-state index in [-0.39, 0.29) is 0 Å². The molecule has 3 nitrogen and oxygen atoms in total. The molecule has 1 heterocycles. The summed E-state index contributed by atoms with van der Waals surface area (Å²) in [5.41, 5.74) is 0. The highest BCUT2D eigenvalue weighted by Gasteiger charge is 2.59. The second kappa shape index (κ2) is 2.73. The quantitative estimate of drug-likeness (QED) is 0.685. The number of aliphatic hydroxyl groups excluding tert-OH is 1. The van der Waals surface area contributed by atoms with Crippen LogP contribution in [0.15, 0.2) is 0 Å². The molecule has 2 aliphatic carbocycles. The lowest BCUT2D eigenvalue weighted by molar-refractivity contribution is 0.0462. The molecule has 1 N–H and O–H groups in total. The van der Waals surface area contributed by atoms with Crippen LogP contribution in [-0.4, -0.2) is 31.6 Å². The fourth-order valence-corrected chi connectivity index (χ4v) is 6.29. The van der Waals surface area contributed by atoms with Crippen molar-refractivity contribution >= 4 is 9.84 Å². The minimum Gasteiger partial charge on any atom is -0.396 e. The van der Waals surface area contributed by atoms with E-state index >= 15 is 0 Å². The highest BCUT2D eigenvalue weighted by atomic mass is 32.2. The van der Waals surface area contributed by atoms with Crippen LogP contribution in [0.4, 0.5) is 0 Å². The van der Waals surface area contributed by atoms with Gasteiger partial charge in [0.2, 0.25) is 0 Å². The second-order valence-electron chi connectivity index (χ2n) is 5.25. The molecule has 3 fully saturated rings. The van der Waals surface area contributed by atoms with E-state index in [1.807, 2.05) is 0 Å². The molecule has 3 rings (SSSR count). The van der Waals surface area contributed by atoms with Crippen molar-refractivity contribution in [2.45, 2.75) is 12.8 Å². The van der Waals surface area contributed by atoms with E-state index in [0.717, 1.165) is 12.8 Å². The molecule has 5 atom stereocenters. The summed E-state index contributed by atoms with van der Waals surface area (Å²) in [6.45, 7) is 0.291. The zero-order chi connectivity index (χ0) is 9.92. The fourth-order valence-electron chi connectivity index (χ4n) is 3.99. The molecule has 2 saturated carbocycles. The number of sulfone groups is 1. The van der Waals surface area contributed by atoms with Crippen molar-refractivity contribution in [3.8, 4) is 0 Å². The van der Waals surface area contributed by atoms with Gasteiger partial charge < -0.3 is 5.11 Å². The zero-order valence-electron chi connectivity index (χ0n) is 8.09. The third-order valence-electron chi connectivity index (χ3n) is 4.56. The molecule has 1 aliphatic heterocycles. The molecule has 0 amide bonds. The lowest BCUT2D eigenvalue weighted by Crippen LogP contribution is -2.42. The average molecular weight is 216 g/mol. The van der Waals surface area contributed by atoms with Crippen molar-refractivity contribution in [3.05, 3.63) is 0 Å². The number of rotatable bonds is 1. The molecule has 1 saturated heterocycles. The Morgan fingerprint density at radius 1 is 1.00 bits per heavy atom. The molecule has 0 aromatic carbocycles. The Bertz CT molecular complexity index is 322. The van der Waals surface area contributed by atoms with E-state index in [9.17, 15) is 8.42 Å². The first-order valence-corrected chi connectivity index (χ1v) is 7.24. The summed E-state index contributed by atoms with van der Waals surface area (Å²) in [5.74, 6) is 3.44. The molecule has 4 heteroatoms. The minimum atomic E-state index is -2.71. The standard InChI is InChI=1S/C10H16O3S/c11-3-6-1-7-8(2-6)10-5-14(12,13)4-9(7)10/h6-11H,1-5H2/t6?,7-,8+,9-,10-/m1/s1. The Balaban J connectivity index is 1.78. The molecule has 0 spiro atoms. The Hall–Kier alpha value is -0.0900. The van der Waals surface area contributed by atoms with Gasteiger partial charge in [-0.15, -0.1) is 0 Å². The van der Waals surface area contributed by atoms with Crippen LogP contribution in [0.5, 0.6) is 0 Å². The smallest absolute Gasteiger partial charge is 0.150 e. The van der Waals surface area contributed by atoms with E-state index in [1.54, 1.807) is 0 Å². The maximum atomic E-state index is 11.4. The van der Waals surface area contributed by atoms with Gasteiger partial charge in [0.25, 0.3) is 0 Å². The van der Waals surface area contributed by atoms with E-state index in [1.165, 1.54) is 0 Å². The van der Waals surface area contributed by atoms with E-state index < -0.39 is 9.84 Å². The van der Waals surface area contributed by atoms with Crippen LogP contribution in [0.3, 0.4) is 0 Å². The highest BCUT2D eigenvalue weighted by Crippen LogP contribution is 2.60. The van der Waals surface area contributed by atoms with Gasteiger partial charge in [-0.2, -0.15) is 0 Å². The summed E-state index contributed by atoms with van der Waals surface area (Å²) in [4.78, 5) is 0. The van der Waals surface area contributed by atoms with Crippen molar-refractivity contribution < 1.29 is 13.5 Å². The van der Waals surface area contributed by atoms with Gasteiger partial charge in [-0.25, -0.2) is 8.42 Å². The molecule has 0 bridgehead atoms.